The predicted molar refractivity (Wildman–Crippen MR) is 80.5 cm³/mol. The summed E-state index contributed by atoms with van der Waals surface area (Å²) in [5, 5.41) is 8.38. The fourth-order valence-corrected chi connectivity index (χ4v) is 2.67. The molecule has 4 rings (SSSR count). The van der Waals surface area contributed by atoms with Gasteiger partial charge in [-0.3, -0.25) is 4.68 Å². The summed E-state index contributed by atoms with van der Waals surface area (Å²) >= 11 is 6.02. The van der Waals surface area contributed by atoms with Crippen LogP contribution in [0.2, 0.25) is 5.28 Å². The molecule has 0 fully saturated rings. The number of hydrogen-bond acceptors (Lipinski definition) is 4. The Labute approximate surface area is 137 Å². The highest BCUT2D eigenvalue weighted by Gasteiger charge is 2.34. The number of rotatable bonds is 1. The van der Waals surface area contributed by atoms with E-state index in [4.69, 9.17) is 11.6 Å². The van der Waals surface area contributed by atoms with Crippen molar-refractivity contribution >= 4 is 28.2 Å². The third kappa shape index (κ3) is 2.20. The molecule has 0 atom stereocenters. The normalized spacial score (nSPS) is 12.4. The van der Waals surface area contributed by atoms with Crippen molar-refractivity contribution < 1.29 is 13.2 Å². The van der Waals surface area contributed by atoms with Crippen LogP contribution in [0.5, 0.6) is 0 Å². The highest BCUT2D eigenvalue weighted by atomic mass is 35.5. The molecule has 122 valence electrons. The van der Waals surface area contributed by atoms with Crippen molar-refractivity contribution in [3.8, 4) is 11.5 Å². The topological polar surface area (TPSA) is 60.9 Å². The van der Waals surface area contributed by atoms with E-state index in [-0.39, 0.29) is 27.7 Å². The standard InChI is InChI=1S/C14H8ClF3N6/c1-23-6-5-9(21-23)11-20-12-7-3-2-4-8(14(16,17)18)10(7)19-13(15)24(12)22-11/h2-6H,1H3. The van der Waals surface area contributed by atoms with E-state index in [0.29, 0.717) is 5.69 Å². The molecule has 10 heteroatoms. The Kier molecular flexibility index (Phi) is 3.04. The molecule has 0 saturated carbocycles. The van der Waals surface area contributed by atoms with Crippen molar-refractivity contribution in [3.05, 3.63) is 41.3 Å². The molecule has 0 N–H and O–H groups in total. The van der Waals surface area contributed by atoms with Gasteiger partial charge in [0.05, 0.1) is 11.1 Å². The van der Waals surface area contributed by atoms with Crippen LogP contribution in [0.3, 0.4) is 0 Å². The molecule has 0 radical (unpaired) electrons. The van der Waals surface area contributed by atoms with Gasteiger partial charge in [0.2, 0.25) is 11.1 Å². The van der Waals surface area contributed by atoms with Crippen molar-refractivity contribution in [1.82, 2.24) is 29.4 Å². The highest BCUT2D eigenvalue weighted by molar-refractivity contribution is 6.29. The van der Waals surface area contributed by atoms with Gasteiger partial charge in [0.25, 0.3) is 0 Å². The molecule has 0 unspecified atom stereocenters. The van der Waals surface area contributed by atoms with Gasteiger partial charge in [0.1, 0.15) is 5.69 Å². The average molecular weight is 353 g/mol. The number of hydrogen-bond donors (Lipinski definition) is 0. The summed E-state index contributed by atoms with van der Waals surface area (Å²) in [4.78, 5) is 8.16. The summed E-state index contributed by atoms with van der Waals surface area (Å²) < 4.78 is 42.3. The molecule has 3 heterocycles. The lowest BCUT2D eigenvalue weighted by atomic mass is 10.1. The molecule has 0 spiro atoms. The fourth-order valence-electron chi connectivity index (χ4n) is 2.47. The quantitative estimate of drug-likeness (QED) is 0.493. The number of alkyl halides is 3. The number of aryl methyl sites for hydroxylation is 1. The van der Waals surface area contributed by atoms with Crippen LogP contribution >= 0.6 is 11.6 Å². The van der Waals surface area contributed by atoms with E-state index >= 15 is 0 Å². The maximum Gasteiger partial charge on any atom is 0.418 e. The maximum atomic E-state index is 13.2. The monoisotopic (exact) mass is 352 g/mol. The molecule has 3 aromatic heterocycles. The number of nitrogens with zero attached hydrogens (tertiary/aromatic N) is 6. The lowest BCUT2D eigenvalue weighted by Gasteiger charge is -2.10. The van der Waals surface area contributed by atoms with Crippen LogP contribution in [-0.4, -0.2) is 29.4 Å². The smallest absolute Gasteiger partial charge is 0.275 e. The summed E-state index contributed by atoms with van der Waals surface area (Å²) in [6.45, 7) is 0. The molecule has 0 aliphatic heterocycles. The lowest BCUT2D eigenvalue weighted by Crippen LogP contribution is -2.07. The van der Waals surface area contributed by atoms with Gasteiger partial charge >= 0.3 is 6.18 Å². The van der Waals surface area contributed by atoms with Gasteiger partial charge in [0, 0.05) is 18.6 Å². The fraction of sp³-hybridized carbons (Fsp3) is 0.143. The van der Waals surface area contributed by atoms with E-state index in [1.807, 2.05) is 0 Å². The summed E-state index contributed by atoms with van der Waals surface area (Å²) in [5.74, 6) is 0.254. The van der Waals surface area contributed by atoms with E-state index in [2.05, 4.69) is 20.2 Å². The highest BCUT2D eigenvalue weighted by Crippen LogP contribution is 2.35. The Morgan fingerprint density at radius 2 is 1.88 bits per heavy atom. The molecular weight excluding hydrogens is 345 g/mol. The predicted octanol–water partition coefficient (Wildman–Crippen LogP) is 3.35. The summed E-state index contributed by atoms with van der Waals surface area (Å²) in [6, 6.07) is 5.45. The number of fused-ring (bicyclic) bond motifs is 3. The Bertz CT molecular complexity index is 1080. The first-order valence-electron chi connectivity index (χ1n) is 6.77. The zero-order chi connectivity index (χ0) is 17.1. The minimum Gasteiger partial charge on any atom is -0.275 e. The van der Waals surface area contributed by atoms with Crippen LogP contribution in [0.15, 0.2) is 30.5 Å². The Morgan fingerprint density at radius 1 is 1.08 bits per heavy atom. The van der Waals surface area contributed by atoms with Crippen LogP contribution in [0.1, 0.15) is 5.56 Å². The second-order valence-electron chi connectivity index (χ2n) is 5.13. The molecule has 6 nitrogen and oxygen atoms in total. The summed E-state index contributed by atoms with van der Waals surface area (Å²) in [6.07, 6.45) is -2.83. The van der Waals surface area contributed by atoms with Gasteiger partial charge in [-0.05, 0) is 29.8 Å². The van der Waals surface area contributed by atoms with Gasteiger partial charge in [-0.15, -0.1) is 5.10 Å². The molecule has 4 aromatic rings. The number of halogens is 4. The van der Waals surface area contributed by atoms with Crippen molar-refractivity contribution in [3.63, 3.8) is 0 Å². The van der Waals surface area contributed by atoms with Crippen LogP contribution in [-0.2, 0) is 13.2 Å². The minimum atomic E-state index is -4.54. The average Bonchev–Trinajstić information content (AvgIpc) is 3.12. The molecule has 0 amide bonds. The minimum absolute atomic E-state index is 0.191. The first-order valence-corrected chi connectivity index (χ1v) is 7.14. The maximum absolute atomic E-state index is 13.2. The molecule has 0 bridgehead atoms. The molecule has 0 aliphatic carbocycles. The van der Waals surface area contributed by atoms with E-state index < -0.39 is 11.7 Å². The van der Waals surface area contributed by atoms with E-state index in [0.717, 1.165) is 6.07 Å². The summed E-state index contributed by atoms with van der Waals surface area (Å²) in [5.41, 5.74) is -0.455. The first-order chi connectivity index (χ1) is 11.3. The second-order valence-corrected chi connectivity index (χ2v) is 5.46. The van der Waals surface area contributed by atoms with E-state index in [1.165, 1.54) is 16.6 Å². The van der Waals surface area contributed by atoms with Crippen molar-refractivity contribution in [2.24, 2.45) is 7.05 Å². The Morgan fingerprint density at radius 3 is 2.54 bits per heavy atom. The Balaban J connectivity index is 2.06. The number of para-hydroxylation sites is 1. The van der Waals surface area contributed by atoms with Gasteiger partial charge < -0.3 is 0 Å². The lowest BCUT2D eigenvalue weighted by molar-refractivity contribution is -0.136. The molecule has 0 saturated heterocycles. The van der Waals surface area contributed by atoms with Gasteiger partial charge in [-0.2, -0.15) is 22.8 Å². The van der Waals surface area contributed by atoms with Crippen molar-refractivity contribution in [2.75, 3.05) is 0 Å². The van der Waals surface area contributed by atoms with Gasteiger partial charge in [-0.25, -0.2) is 9.97 Å². The third-order valence-corrected chi connectivity index (χ3v) is 3.76. The molecule has 0 aliphatic rings. The SMILES string of the molecule is Cn1ccc(-c2nc3c4cccc(C(F)(F)F)c4nc(Cl)n3n2)n1. The van der Waals surface area contributed by atoms with Crippen LogP contribution in [0.25, 0.3) is 28.1 Å². The zero-order valence-electron chi connectivity index (χ0n) is 12.1. The molecule has 1 aromatic carbocycles. The van der Waals surface area contributed by atoms with Crippen LogP contribution < -0.4 is 0 Å². The second kappa shape index (κ2) is 4.91. The van der Waals surface area contributed by atoms with Gasteiger partial charge in [-0.1, -0.05) is 6.07 Å². The molecule has 24 heavy (non-hydrogen) atoms. The summed E-state index contributed by atoms with van der Waals surface area (Å²) in [7, 11) is 1.73. The van der Waals surface area contributed by atoms with Crippen LogP contribution in [0.4, 0.5) is 13.2 Å². The number of aromatic nitrogens is 6. The zero-order valence-corrected chi connectivity index (χ0v) is 12.8. The largest absolute Gasteiger partial charge is 0.418 e. The van der Waals surface area contributed by atoms with E-state index in [9.17, 15) is 13.2 Å². The van der Waals surface area contributed by atoms with Crippen molar-refractivity contribution in [2.45, 2.75) is 6.18 Å². The Hall–Kier alpha value is -2.68. The van der Waals surface area contributed by atoms with Crippen molar-refractivity contribution in [1.29, 1.82) is 0 Å². The van der Waals surface area contributed by atoms with Gasteiger partial charge in [0.15, 0.2) is 5.65 Å². The number of benzene rings is 1. The molecular formula is C14H8ClF3N6. The van der Waals surface area contributed by atoms with Crippen LogP contribution in [0, 0.1) is 0 Å². The first kappa shape index (κ1) is 14.9. The van der Waals surface area contributed by atoms with E-state index in [1.54, 1.807) is 24.0 Å². The third-order valence-electron chi connectivity index (χ3n) is 3.51.